The SMILES string of the molecule is COC(=O)CC1CN(S(=O)(=O)Cc2ccccc2C)c2ccccc21. The molecule has 5 nitrogen and oxygen atoms in total. The summed E-state index contributed by atoms with van der Waals surface area (Å²) in [6.07, 6.45) is 0.171. The van der Waals surface area contributed by atoms with Gasteiger partial charge in [-0.15, -0.1) is 0 Å². The highest BCUT2D eigenvalue weighted by molar-refractivity contribution is 7.92. The Hall–Kier alpha value is -2.34. The third-order valence-electron chi connectivity index (χ3n) is 4.61. The zero-order valence-electron chi connectivity index (χ0n) is 14.3. The van der Waals surface area contributed by atoms with Crippen LogP contribution in [-0.2, 0) is 25.3 Å². The summed E-state index contributed by atoms with van der Waals surface area (Å²) in [5, 5.41) is 0. The zero-order valence-corrected chi connectivity index (χ0v) is 15.1. The average molecular weight is 359 g/mol. The highest BCUT2D eigenvalue weighted by Gasteiger charge is 2.36. The number of carbonyl (C=O) groups excluding carboxylic acids is 1. The molecule has 3 rings (SSSR count). The summed E-state index contributed by atoms with van der Waals surface area (Å²) in [5.74, 6) is -0.577. The first-order valence-electron chi connectivity index (χ1n) is 8.13. The number of fused-ring (bicyclic) bond motifs is 1. The Balaban J connectivity index is 1.92. The minimum Gasteiger partial charge on any atom is -0.469 e. The van der Waals surface area contributed by atoms with Crippen LogP contribution in [0.3, 0.4) is 0 Å². The fraction of sp³-hybridized carbons (Fsp3) is 0.316. The molecule has 0 bridgehead atoms. The van der Waals surface area contributed by atoms with Gasteiger partial charge in [-0.05, 0) is 29.7 Å². The van der Waals surface area contributed by atoms with Crippen molar-refractivity contribution in [2.45, 2.75) is 25.0 Å². The lowest BCUT2D eigenvalue weighted by molar-refractivity contribution is -0.140. The number of hydrogen-bond donors (Lipinski definition) is 0. The summed E-state index contributed by atoms with van der Waals surface area (Å²) in [7, 11) is -2.20. The third kappa shape index (κ3) is 3.54. The molecule has 2 aromatic carbocycles. The van der Waals surface area contributed by atoms with Gasteiger partial charge in [-0.25, -0.2) is 8.42 Å². The van der Waals surface area contributed by atoms with Crippen LogP contribution in [0.25, 0.3) is 0 Å². The second-order valence-electron chi connectivity index (χ2n) is 6.25. The monoisotopic (exact) mass is 359 g/mol. The molecule has 0 spiro atoms. The number of benzene rings is 2. The quantitative estimate of drug-likeness (QED) is 0.770. The van der Waals surface area contributed by atoms with E-state index in [-0.39, 0.29) is 30.6 Å². The largest absolute Gasteiger partial charge is 0.469 e. The van der Waals surface area contributed by atoms with E-state index in [0.29, 0.717) is 5.69 Å². The Morgan fingerprint density at radius 2 is 1.84 bits per heavy atom. The molecule has 0 aliphatic carbocycles. The van der Waals surface area contributed by atoms with Crippen LogP contribution in [0.5, 0.6) is 0 Å². The van der Waals surface area contributed by atoms with Gasteiger partial charge in [0.2, 0.25) is 10.0 Å². The Kier molecular flexibility index (Phi) is 4.81. The van der Waals surface area contributed by atoms with Gasteiger partial charge in [-0.2, -0.15) is 0 Å². The van der Waals surface area contributed by atoms with Gasteiger partial charge in [-0.3, -0.25) is 9.10 Å². The van der Waals surface area contributed by atoms with E-state index in [1.807, 2.05) is 49.4 Å². The van der Waals surface area contributed by atoms with Crippen molar-refractivity contribution in [1.29, 1.82) is 0 Å². The van der Waals surface area contributed by atoms with E-state index in [2.05, 4.69) is 0 Å². The van der Waals surface area contributed by atoms with Crippen molar-refractivity contribution < 1.29 is 17.9 Å². The van der Waals surface area contributed by atoms with Crippen molar-refractivity contribution in [3.8, 4) is 0 Å². The van der Waals surface area contributed by atoms with E-state index >= 15 is 0 Å². The number of rotatable bonds is 5. The molecule has 1 atom stereocenters. The van der Waals surface area contributed by atoms with Crippen LogP contribution in [0.2, 0.25) is 0 Å². The molecule has 0 fully saturated rings. The van der Waals surface area contributed by atoms with Crippen LogP contribution in [0, 0.1) is 6.92 Å². The molecular formula is C19H21NO4S. The van der Waals surface area contributed by atoms with E-state index in [4.69, 9.17) is 4.74 Å². The Bertz CT molecular complexity index is 892. The van der Waals surface area contributed by atoms with E-state index in [1.54, 1.807) is 6.07 Å². The highest BCUT2D eigenvalue weighted by atomic mass is 32.2. The number of aryl methyl sites for hydroxylation is 1. The van der Waals surface area contributed by atoms with Crippen LogP contribution in [0.15, 0.2) is 48.5 Å². The minimum atomic E-state index is -3.54. The van der Waals surface area contributed by atoms with Gasteiger partial charge in [0.05, 0.1) is 25.0 Å². The first-order chi connectivity index (χ1) is 11.9. The molecule has 1 unspecified atom stereocenters. The van der Waals surface area contributed by atoms with Crippen molar-refractivity contribution >= 4 is 21.7 Å². The molecule has 0 saturated carbocycles. The number of methoxy groups -OCH3 is 1. The summed E-state index contributed by atoms with van der Waals surface area (Å²) in [4.78, 5) is 11.7. The first kappa shape index (κ1) is 17.5. The van der Waals surface area contributed by atoms with Gasteiger partial charge in [0.25, 0.3) is 0 Å². The van der Waals surface area contributed by atoms with Gasteiger partial charge < -0.3 is 4.74 Å². The van der Waals surface area contributed by atoms with Gasteiger partial charge in [-0.1, -0.05) is 42.5 Å². The van der Waals surface area contributed by atoms with Crippen molar-refractivity contribution in [3.63, 3.8) is 0 Å². The van der Waals surface area contributed by atoms with Crippen LogP contribution in [0.1, 0.15) is 29.0 Å². The fourth-order valence-electron chi connectivity index (χ4n) is 3.23. The molecule has 0 amide bonds. The van der Waals surface area contributed by atoms with Crippen molar-refractivity contribution in [3.05, 3.63) is 65.2 Å². The van der Waals surface area contributed by atoms with Gasteiger partial charge in [0.1, 0.15) is 0 Å². The molecule has 25 heavy (non-hydrogen) atoms. The molecule has 1 heterocycles. The van der Waals surface area contributed by atoms with E-state index < -0.39 is 10.0 Å². The highest BCUT2D eigenvalue weighted by Crippen LogP contribution is 2.40. The van der Waals surface area contributed by atoms with E-state index in [9.17, 15) is 13.2 Å². The van der Waals surface area contributed by atoms with Crippen LogP contribution >= 0.6 is 0 Å². The minimum absolute atomic E-state index is 0.0566. The number of anilines is 1. The summed E-state index contributed by atoms with van der Waals surface area (Å²) < 4.78 is 32.2. The lowest BCUT2D eigenvalue weighted by atomic mass is 9.98. The number of esters is 1. The molecule has 2 aromatic rings. The van der Waals surface area contributed by atoms with Gasteiger partial charge >= 0.3 is 5.97 Å². The molecule has 6 heteroatoms. The van der Waals surface area contributed by atoms with Crippen LogP contribution in [0.4, 0.5) is 5.69 Å². The number of nitrogens with zero attached hydrogens (tertiary/aromatic N) is 1. The van der Waals surface area contributed by atoms with Crippen molar-refractivity contribution in [2.24, 2.45) is 0 Å². The normalized spacial score (nSPS) is 16.6. The zero-order chi connectivity index (χ0) is 18.0. The molecule has 0 radical (unpaired) electrons. The topological polar surface area (TPSA) is 63.7 Å². The van der Waals surface area contributed by atoms with Crippen LogP contribution in [-0.4, -0.2) is 28.0 Å². The number of sulfonamides is 1. The summed E-state index contributed by atoms with van der Waals surface area (Å²) in [5.41, 5.74) is 3.27. The standard InChI is InChI=1S/C19H21NO4S/c1-14-7-3-4-8-15(14)13-25(22,23)20-12-16(11-19(21)24-2)17-9-5-6-10-18(17)20/h3-10,16H,11-13H2,1-2H3. The lowest BCUT2D eigenvalue weighted by Gasteiger charge is -2.20. The van der Waals surface area contributed by atoms with E-state index in [0.717, 1.165) is 16.7 Å². The van der Waals surface area contributed by atoms with Gasteiger partial charge in [0, 0.05) is 12.5 Å². The predicted octanol–water partition coefficient (Wildman–Crippen LogP) is 2.99. The maximum absolute atomic E-state index is 13.0. The molecule has 0 saturated heterocycles. The molecule has 0 aromatic heterocycles. The number of para-hydroxylation sites is 1. The summed E-state index contributed by atoms with van der Waals surface area (Å²) in [6, 6.07) is 14.8. The van der Waals surface area contributed by atoms with Crippen molar-refractivity contribution in [2.75, 3.05) is 18.0 Å². The lowest BCUT2D eigenvalue weighted by Crippen LogP contribution is -2.31. The fourth-order valence-corrected chi connectivity index (χ4v) is 4.97. The Labute approximate surface area is 148 Å². The second kappa shape index (κ2) is 6.88. The summed E-state index contributed by atoms with van der Waals surface area (Å²) in [6.45, 7) is 2.17. The smallest absolute Gasteiger partial charge is 0.306 e. The molecule has 0 N–H and O–H groups in total. The second-order valence-corrected chi connectivity index (χ2v) is 8.14. The Morgan fingerprint density at radius 3 is 2.56 bits per heavy atom. The average Bonchev–Trinajstić information content (AvgIpc) is 2.96. The molecule has 1 aliphatic heterocycles. The van der Waals surface area contributed by atoms with Crippen LogP contribution < -0.4 is 4.31 Å². The molecular weight excluding hydrogens is 338 g/mol. The van der Waals surface area contributed by atoms with Crippen molar-refractivity contribution in [1.82, 2.24) is 0 Å². The number of carbonyl (C=O) groups is 1. The first-order valence-corrected chi connectivity index (χ1v) is 9.74. The Morgan fingerprint density at radius 1 is 1.16 bits per heavy atom. The molecule has 132 valence electrons. The van der Waals surface area contributed by atoms with Gasteiger partial charge in [0.15, 0.2) is 0 Å². The molecule has 1 aliphatic rings. The maximum Gasteiger partial charge on any atom is 0.306 e. The summed E-state index contributed by atoms with van der Waals surface area (Å²) >= 11 is 0. The number of hydrogen-bond acceptors (Lipinski definition) is 4. The third-order valence-corrected chi connectivity index (χ3v) is 6.30. The van der Waals surface area contributed by atoms with E-state index in [1.165, 1.54) is 11.4 Å². The predicted molar refractivity (Wildman–Crippen MR) is 97.0 cm³/mol. The maximum atomic E-state index is 13.0. The number of ether oxygens (including phenoxy) is 1.